The van der Waals surface area contributed by atoms with Crippen LogP contribution in [0.1, 0.15) is 19.8 Å². The van der Waals surface area contributed by atoms with Gasteiger partial charge in [-0.2, -0.15) is 0 Å². The Kier molecular flexibility index (Phi) is 6.03. The molecule has 0 aliphatic carbocycles. The first kappa shape index (κ1) is 13.4. The fourth-order valence-corrected chi connectivity index (χ4v) is 1.50. The number of aromatic nitrogens is 1. The summed E-state index contributed by atoms with van der Waals surface area (Å²) >= 11 is 0. The molecule has 2 heterocycles. The number of hydrogen-bond donors (Lipinski definition) is 2. The van der Waals surface area contributed by atoms with E-state index in [1.54, 1.807) is 6.20 Å². The van der Waals surface area contributed by atoms with E-state index in [0.29, 0.717) is 6.10 Å². The van der Waals surface area contributed by atoms with E-state index in [9.17, 15) is 0 Å². The smallest absolute Gasteiger partial charge is 0.300 e. The highest BCUT2D eigenvalue weighted by Gasteiger charge is 2.14. The number of aliphatic carboxylic acids is 1. The fraction of sp³-hybridized carbons (Fsp3) is 0.500. The van der Waals surface area contributed by atoms with E-state index in [1.807, 2.05) is 18.2 Å². The first-order valence-corrected chi connectivity index (χ1v) is 5.66. The summed E-state index contributed by atoms with van der Waals surface area (Å²) in [5, 5.41) is 10.7. The zero-order chi connectivity index (χ0) is 12.5. The quantitative estimate of drug-likeness (QED) is 0.812. The molecule has 0 spiro atoms. The van der Waals surface area contributed by atoms with Crippen molar-refractivity contribution in [2.75, 3.05) is 13.1 Å². The van der Waals surface area contributed by atoms with Crippen LogP contribution in [0.2, 0.25) is 0 Å². The molecule has 1 fully saturated rings. The number of ether oxygens (including phenoxy) is 1. The van der Waals surface area contributed by atoms with Crippen LogP contribution in [0.15, 0.2) is 24.4 Å². The van der Waals surface area contributed by atoms with E-state index in [1.165, 1.54) is 0 Å². The van der Waals surface area contributed by atoms with Gasteiger partial charge >= 0.3 is 0 Å². The number of piperidine rings is 1. The third kappa shape index (κ3) is 6.52. The zero-order valence-corrected chi connectivity index (χ0v) is 9.93. The van der Waals surface area contributed by atoms with Gasteiger partial charge in [0.1, 0.15) is 6.10 Å². The molecule has 5 heteroatoms. The summed E-state index contributed by atoms with van der Waals surface area (Å²) in [5.41, 5.74) is 0. The first-order chi connectivity index (χ1) is 8.18. The molecule has 0 amide bonds. The van der Waals surface area contributed by atoms with Crippen LogP contribution in [-0.4, -0.2) is 35.3 Å². The molecule has 1 aliphatic heterocycles. The van der Waals surface area contributed by atoms with Crippen molar-refractivity contribution in [2.24, 2.45) is 0 Å². The third-order valence-electron chi connectivity index (χ3n) is 2.21. The van der Waals surface area contributed by atoms with E-state index >= 15 is 0 Å². The predicted molar refractivity (Wildman–Crippen MR) is 64.1 cm³/mol. The second-order valence-electron chi connectivity index (χ2n) is 3.75. The summed E-state index contributed by atoms with van der Waals surface area (Å²) in [6.07, 6.45) is 4.26. The van der Waals surface area contributed by atoms with E-state index in [0.717, 1.165) is 38.7 Å². The number of hydrogen-bond acceptors (Lipinski definition) is 4. The monoisotopic (exact) mass is 238 g/mol. The van der Waals surface area contributed by atoms with E-state index in [-0.39, 0.29) is 0 Å². The van der Waals surface area contributed by atoms with E-state index in [2.05, 4.69) is 10.3 Å². The predicted octanol–water partition coefficient (Wildman–Crippen LogP) is 1.30. The van der Waals surface area contributed by atoms with Gasteiger partial charge in [0, 0.05) is 19.2 Å². The summed E-state index contributed by atoms with van der Waals surface area (Å²) in [4.78, 5) is 13.1. The van der Waals surface area contributed by atoms with Gasteiger partial charge in [0.2, 0.25) is 5.88 Å². The topological polar surface area (TPSA) is 71.5 Å². The highest BCUT2D eigenvalue weighted by atomic mass is 16.5. The van der Waals surface area contributed by atoms with Crippen LogP contribution in [0.3, 0.4) is 0 Å². The standard InChI is InChI=1S/C10H14N2O.C2H4O2/c1-2-6-12-10(3-1)13-9-4-7-11-8-5-9;1-2(3)4/h1-3,6,9,11H,4-5,7-8H2;1H3,(H,3,4). The Morgan fingerprint density at radius 1 is 1.47 bits per heavy atom. The highest BCUT2D eigenvalue weighted by molar-refractivity contribution is 5.62. The van der Waals surface area contributed by atoms with Crippen LogP contribution in [0.25, 0.3) is 0 Å². The molecular formula is C12H18N2O3. The van der Waals surface area contributed by atoms with Gasteiger partial charge < -0.3 is 15.2 Å². The maximum atomic E-state index is 9.00. The van der Waals surface area contributed by atoms with Crippen molar-refractivity contribution in [3.05, 3.63) is 24.4 Å². The lowest BCUT2D eigenvalue weighted by atomic mass is 10.1. The highest BCUT2D eigenvalue weighted by Crippen LogP contribution is 2.12. The summed E-state index contributed by atoms with van der Waals surface area (Å²) in [7, 11) is 0. The van der Waals surface area contributed by atoms with Gasteiger partial charge in [-0.25, -0.2) is 4.98 Å². The summed E-state index contributed by atoms with van der Waals surface area (Å²) in [5.74, 6) is -0.0885. The second kappa shape index (κ2) is 7.62. The van der Waals surface area contributed by atoms with Gasteiger partial charge in [0.15, 0.2) is 0 Å². The number of nitrogens with one attached hydrogen (secondary N) is 1. The van der Waals surface area contributed by atoms with Crippen LogP contribution in [-0.2, 0) is 4.79 Å². The molecule has 0 saturated carbocycles. The average Bonchev–Trinajstić information content (AvgIpc) is 2.31. The van der Waals surface area contributed by atoms with E-state index < -0.39 is 5.97 Å². The van der Waals surface area contributed by atoms with Crippen molar-refractivity contribution >= 4 is 5.97 Å². The van der Waals surface area contributed by atoms with Gasteiger partial charge in [-0.15, -0.1) is 0 Å². The fourth-order valence-electron chi connectivity index (χ4n) is 1.50. The third-order valence-corrected chi connectivity index (χ3v) is 2.21. The molecule has 0 bridgehead atoms. The van der Waals surface area contributed by atoms with Gasteiger partial charge in [-0.05, 0) is 32.0 Å². The van der Waals surface area contributed by atoms with Crippen LogP contribution < -0.4 is 10.1 Å². The minimum Gasteiger partial charge on any atom is -0.481 e. The second-order valence-corrected chi connectivity index (χ2v) is 3.75. The number of rotatable bonds is 2. The molecule has 2 rings (SSSR count). The molecule has 0 atom stereocenters. The van der Waals surface area contributed by atoms with Crippen molar-refractivity contribution in [3.63, 3.8) is 0 Å². The summed E-state index contributed by atoms with van der Waals surface area (Å²) < 4.78 is 5.70. The molecular weight excluding hydrogens is 220 g/mol. The lowest BCUT2D eigenvalue weighted by Crippen LogP contribution is -2.34. The van der Waals surface area contributed by atoms with Gasteiger partial charge in [0.05, 0.1) is 0 Å². The summed E-state index contributed by atoms with van der Waals surface area (Å²) in [6.45, 7) is 3.19. The Morgan fingerprint density at radius 3 is 2.65 bits per heavy atom. The molecule has 1 aliphatic rings. The molecule has 2 N–H and O–H groups in total. The first-order valence-electron chi connectivity index (χ1n) is 5.66. The van der Waals surface area contributed by atoms with Crippen molar-refractivity contribution in [1.82, 2.24) is 10.3 Å². The maximum absolute atomic E-state index is 9.00. The van der Waals surface area contributed by atoms with Gasteiger partial charge in [0.25, 0.3) is 5.97 Å². The minimum atomic E-state index is -0.833. The molecule has 1 aromatic rings. The van der Waals surface area contributed by atoms with Crippen LogP contribution >= 0.6 is 0 Å². The molecule has 0 aromatic carbocycles. The lowest BCUT2D eigenvalue weighted by molar-refractivity contribution is -0.134. The number of nitrogens with zero attached hydrogens (tertiary/aromatic N) is 1. The summed E-state index contributed by atoms with van der Waals surface area (Å²) in [6, 6.07) is 5.75. The van der Waals surface area contributed by atoms with Crippen LogP contribution in [0.4, 0.5) is 0 Å². The van der Waals surface area contributed by atoms with Crippen LogP contribution in [0.5, 0.6) is 5.88 Å². The number of carboxylic acid groups (broad SMARTS) is 1. The largest absolute Gasteiger partial charge is 0.481 e. The molecule has 0 unspecified atom stereocenters. The molecule has 5 nitrogen and oxygen atoms in total. The Balaban J connectivity index is 0.000000317. The van der Waals surface area contributed by atoms with Gasteiger partial charge in [-0.3, -0.25) is 4.79 Å². The lowest BCUT2D eigenvalue weighted by Gasteiger charge is -2.22. The SMILES string of the molecule is CC(=O)O.c1ccc(OC2CCNCC2)nc1. The zero-order valence-electron chi connectivity index (χ0n) is 9.93. The van der Waals surface area contributed by atoms with Crippen molar-refractivity contribution in [2.45, 2.75) is 25.9 Å². The van der Waals surface area contributed by atoms with Crippen molar-refractivity contribution in [1.29, 1.82) is 0 Å². The van der Waals surface area contributed by atoms with Crippen LogP contribution in [0, 0.1) is 0 Å². The molecule has 1 aromatic heterocycles. The Morgan fingerprint density at radius 2 is 2.12 bits per heavy atom. The Hall–Kier alpha value is -1.62. The number of carbonyl (C=O) groups is 1. The molecule has 1 saturated heterocycles. The molecule has 17 heavy (non-hydrogen) atoms. The average molecular weight is 238 g/mol. The maximum Gasteiger partial charge on any atom is 0.300 e. The van der Waals surface area contributed by atoms with E-state index in [4.69, 9.17) is 14.6 Å². The van der Waals surface area contributed by atoms with Gasteiger partial charge in [-0.1, -0.05) is 6.07 Å². The Bertz CT molecular complexity index is 320. The normalized spacial score (nSPS) is 15.6. The molecule has 94 valence electrons. The number of carboxylic acids is 1. The Labute approximate surface area is 101 Å². The molecule has 0 radical (unpaired) electrons. The minimum absolute atomic E-state index is 0.344. The van der Waals surface area contributed by atoms with Crippen molar-refractivity contribution in [3.8, 4) is 5.88 Å². The van der Waals surface area contributed by atoms with Crippen molar-refractivity contribution < 1.29 is 14.6 Å². The number of pyridine rings is 1.